The van der Waals surface area contributed by atoms with Crippen LogP contribution in [0.25, 0.3) is 0 Å². The van der Waals surface area contributed by atoms with E-state index in [4.69, 9.17) is 5.73 Å². The van der Waals surface area contributed by atoms with E-state index >= 15 is 0 Å². The largest absolute Gasteiger partial charge is 0.368 e. The van der Waals surface area contributed by atoms with Gasteiger partial charge in [0.1, 0.15) is 17.5 Å². The fourth-order valence-corrected chi connectivity index (χ4v) is 2.21. The van der Waals surface area contributed by atoms with E-state index < -0.39 is 5.41 Å². The number of rotatable bonds is 3. The zero-order valence-corrected chi connectivity index (χ0v) is 11.6. The van der Waals surface area contributed by atoms with Crippen LogP contribution in [-0.2, 0) is 5.41 Å². The molecule has 1 aromatic carbocycles. The number of aromatic nitrogens is 3. The molecule has 1 heterocycles. The van der Waals surface area contributed by atoms with E-state index in [2.05, 4.69) is 15.0 Å². The molecule has 1 saturated carbocycles. The summed E-state index contributed by atoms with van der Waals surface area (Å²) < 4.78 is 13.1. The first-order valence-corrected chi connectivity index (χ1v) is 6.75. The zero-order chi connectivity index (χ0) is 14.3. The lowest BCUT2D eigenvalue weighted by molar-refractivity contribution is 0.574. The van der Waals surface area contributed by atoms with Crippen LogP contribution in [0.4, 0.5) is 10.3 Å². The molecule has 0 radical (unpaired) electrons. The first-order valence-electron chi connectivity index (χ1n) is 6.75. The first-order chi connectivity index (χ1) is 9.46. The summed E-state index contributed by atoms with van der Waals surface area (Å²) in [4.78, 5) is 13.1. The van der Waals surface area contributed by atoms with Gasteiger partial charge in [0.25, 0.3) is 0 Å². The van der Waals surface area contributed by atoms with Crippen LogP contribution in [0, 0.1) is 5.82 Å². The van der Waals surface area contributed by atoms with E-state index in [1.807, 2.05) is 13.8 Å². The highest BCUT2D eigenvalue weighted by molar-refractivity contribution is 5.33. The average molecular weight is 272 g/mol. The molecular formula is C15H17FN4. The zero-order valence-electron chi connectivity index (χ0n) is 11.6. The van der Waals surface area contributed by atoms with Crippen molar-refractivity contribution in [3.8, 4) is 0 Å². The van der Waals surface area contributed by atoms with Crippen molar-refractivity contribution in [2.75, 3.05) is 5.73 Å². The van der Waals surface area contributed by atoms with Gasteiger partial charge in [0, 0.05) is 11.3 Å². The van der Waals surface area contributed by atoms with Crippen molar-refractivity contribution in [3.63, 3.8) is 0 Å². The summed E-state index contributed by atoms with van der Waals surface area (Å²) in [5.41, 5.74) is 6.32. The molecule has 0 amide bonds. The Morgan fingerprint density at radius 2 is 1.75 bits per heavy atom. The molecule has 3 rings (SSSR count). The van der Waals surface area contributed by atoms with Crippen LogP contribution in [0.1, 0.15) is 49.8 Å². The minimum atomic E-state index is -0.436. The Morgan fingerprint density at radius 3 is 2.35 bits per heavy atom. The number of hydrogen-bond donors (Lipinski definition) is 1. The molecule has 2 N–H and O–H groups in total. The summed E-state index contributed by atoms with van der Waals surface area (Å²) in [6.45, 7) is 4.01. The standard InChI is InChI=1S/C15H17FN4/c1-15(2,10-5-7-11(16)8-6-10)13-18-12(9-3-4-9)19-14(17)20-13/h5-9H,3-4H2,1-2H3,(H2,17,18,19,20). The third-order valence-electron chi connectivity index (χ3n) is 3.74. The Labute approximate surface area is 117 Å². The maximum atomic E-state index is 13.1. The minimum absolute atomic E-state index is 0.251. The van der Waals surface area contributed by atoms with Gasteiger partial charge in [-0.15, -0.1) is 0 Å². The lowest BCUT2D eigenvalue weighted by atomic mass is 9.84. The number of nitrogens with two attached hydrogens (primary N) is 1. The van der Waals surface area contributed by atoms with Gasteiger partial charge < -0.3 is 5.73 Å². The highest BCUT2D eigenvalue weighted by Gasteiger charge is 2.32. The third kappa shape index (κ3) is 2.35. The molecule has 0 atom stereocenters. The van der Waals surface area contributed by atoms with Gasteiger partial charge in [-0.3, -0.25) is 0 Å². The molecule has 1 aromatic heterocycles. The molecule has 0 saturated heterocycles. The molecule has 0 bridgehead atoms. The van der Waals surface area contributed by atoms with E-state index in [-0.39, 0.29) is 11.8 Å². The predicted molar refractivity (Wildman–Crippen MR) is 74.7 cm³/mol. The Hall–Kier alpha value is -2.04. The minimum Gasteiger partial charge on any atom is -0.368 e. The highest BCUT2D eigenvalue weighted by Crippen LogP contribution is 2.39. The van der Waals surface area contributed by atoms with Crippen molar-refractivity contribution in [2.45, 2.75) is 38.0 Å². The maximum Gasteiger partial charge on any atom is 0.223 e. The van der Waals surface area contributed by atoms with Crippen molar-refractivity contribution in [1.82, 2.24) is 15.0 Å². The molecule has 0 unspecified atom stereocenters. The van der Waals surface area contributed by atoms with Gasteiger partial charge in [0.2, 0.25) is 5.95 Å². The van der Waals surface area contributed by atoms with Gasteiger partial charge >= 0.3 is 0 Å². The van der Waals surface area contributed by atoms with Gasteiger partial charge in [0.15, 0.2) is 0 Å². The summed E-state index contributed by atoms with van der Waals surface area (Å²) in [7, 11) is 0. The Morgan fingerprint density at radius 1 is 1.10 bits per heavy atom. The van der Waals surface area contributed by atoms with Crippen LogP contribution in [-0.4, -0.2) is 15.0 Å². The SMILES string of the molecule is CC(C)(c1ccc(F)cc1)c1nc(N)nc(C2CC2)n1. The van der Waals surface area contributed by atoms with Gasteiger partial charge in [-0.05, 0) is 44.4 Å². The number of halogens is 1. The predicted octanol–water partition coefficient (Wildman–Crippen LogP) is 2.80. The van der Waals surface area contributed by atoms with Crippen LogP contribution in [0.5, 0.6) is 0 Å². The van der Waals surface area contributed by atoms with Gasteiger partial charge in [-0.1, -0.05) is 12.1 Å². The van der Waals surface area contributed by atoms with E-state index in [1.54, 1.807) is 12.1 Å². The van der Waals surface area contributed by atoms with Crippen LogP contribution in [0.3, 0.4) is 0 Å². The van der Waals surface area contributed by atoms with Crippen LogP contribution in [0.15, 0.2) is 24.3 Å². The fourth-order valence-electron chi connectivity index (χ4n) is 2.21. The molecule has 20 heavy (non-hydrogen) atoms. The topological polar surface area (TPSA) is 64.7 Å². The van der Waals surface area contributed by atoms with E-state index in [0.29, 0.717) is 11.7 Å². The van der Waals surface area contributed by atoms with E-state index in [0.717, 1.165) is 24.2 Å². The van der Waals surface area contributed by atoms with Crippen molar-refractivity contribution < 1.29 is 4.39 Å². The lowest BCUT2D eigenvalue weighted by Gasteiger charge is -2.24. The second-order valence-electron chi connectivity index (χ2n) is 5.78. The van der Waals surface area contributed by atoms with Crippen molar-refractivity contribution in [3.05, 3.63) is 47.3 Å². The normalized spacial score (nSPS) is 15.3. The molecule has 0 aliphatic heterocycles. The molecule has 4 nitrogen and oxygen atoms in total. The highest BCUT2D eigenvalue weighted by atomic mass is 19.1. The quantitative estimate of drug-likeness (QED) is 0.933. The van der Waals surface area contributed by atoms with Crippen molar-refractivity contribution in [2.24, 2.45) is 0 Å². The molecule has 0 spiro atoms. The van der Waals surface area contributed by atoms with Crippen LogP contribution in [0.2, 0.25) is 0 Å². The number of benzene rings is 1. The summed E-state index contributed by atoms with van der Waals surface area (Å²) in [5.74, 6) is 1.84. The van der Waals surface area contributed by atoms with Gasteiger partial charge in [-0.25, -0.2) is 9.37 Å². The van der Waals surface area contributed by atoms with Gasteiger partial charge in [-0.2, -0.15) is 9.97 Å². The van der Waals surface area contributed by atoms with E-state index in [1.165, 1.54) is 12.1 Å². The smallest absolute Gasteiger partial charge is 0.223 e. The second-order valence-corrected chi connectivity index (χ2v) is 5.78. The molecule has 5 heteroatoms. The van der Waals surface area contributed by atoms with E-state index in [9.17, 15) is 4.39 Å². The van der Waals surface area contributed by atoms with Crippen LogP contribution >= 0.6 is 0 Å². The number of nitrogen functional groups attached to an aromatic ring is 1. The molecule has 1 fully saturated rings. The van der Waals surface area contributed by atoms with Crippen molar-refractivity contribution in [1.29, 1.82) is 0 Å². The summed E-state index contributed by atoms with van der Waals surface area (Å²) in [6, 6.07) is 6.41. The van der Waals surface area contributed by atoms with Crippen LogP contribution < -0.4 is 5.73 Å². The average Bonchev–Trinajstić information content (AvgIpc) is 3.23. The summed E-state index contributed by atoms with van der Waals surface area (Å²) >= 11 is 0. The lowest BCUT2D eigenvalue weighted by Crippen LogP contribution is -2.24. The molecule has 1 aliphatic carbocycles. The Kier molecular flexibility index (Phi) is 2.92. The Bertz CT molecular complexity index is 633. The Balaban J connectivity index is 2.03. The second kappa shape index (κ2) is 4.51. The van der Waals surface area contributed by atoms with Gasteiger partial charge in [0.05, 0.1) is 0 Å². The third-order valence-corrected chi connectivity index (χ3v) is 3.74. The fraction of sp³-hybridized carbons (Fsp3) is 0.400. The summed E-state index contributed by atoms with van der Waals surface area (Å²) in [5, 5.41) is 0. The molecular weight excluding hydrogens is 255 g/mol. The summed E-state index contributed by atoms with van der Waals surface area (Å²) in [6.07, 6.45) is 2.22. The number of nitrogens with zero attached hydrogens (tertiary/aromatic N) is 3. The molecule has 2 aromatic rings. The molecule has 1 aliphatic rings. The number of hydrogen-bond acceptors (Lipinski definition) is 4. The van der Waals surface area contributed by atoms with Crippen molar-refractivity contribution >= 4 is 5.95 Å². The number of anilines is 1. The molecule has 104 valence electrons. The first kappa shape index (κ1) is 13.0. The monoisotopic (exact) mass is 272 g/mol. The maximum absolute atomic E-state index is 13.1.